The molecule has 0 spiro atoms. The number of hydrogen-bond donors (Lipinski definition) is 14. The monoisotopic (exact) mass is 771 g/mol. The predicted octanol–water partition coefficient (Wildman–Crippen LogP) is -6.85. The maximum atomic E-state index is 13.4. The van der Waals surface area contributed by atoms with Gasteiger partial charge < -0.3 is 74.5 Å². The van der Waals surface area contributed by atoms with Crippen molar-refractivity contribution in [1.29, 1.82) is 0 Å². The van der Waals surface area contributed by atoms with Gasteiger partial charge in [0.2, 0.25) is 41.4 Å². The van der Waals surface area contributed by atoms with Gasteiger partial charge in [-0.3, -0.25) is 38.4 Å². The number of aliphatic hydroxyl groups is 2. The van der Waals surface area contributed by atoms with Gasteiger partial charge in [-0.05, 0) is 32.7 Å². The molecule has 1 aromatic heterocycles. The summed E-state index contributed by atoms with van der Waals surface area (Å²) >= 11 is 0. The fraction of sp³-hybridized carbons (Fsp3) is 0.600. The number of aromatic nitrogens is 2. The van der Waals surface area contributed by atoms with Gasteiger partial charge in [-0.25, -0.2) is 9.78 Å². The smallest absolute Gasteiger partial charge is 0.326 e. The van der Waals surface area contributed by atoms with E-state index in [4.69, 9.17) is 17.2 Å². The quantitative estimate of drug-likeness (QED) is 0.0389. The van der Waals surface area contributed by atoms with Crippen molar-refractivity contribution in [2.75, 3.05) is 19.7 Å². The zero-order valence-corrected chi connectivity index (χ0v) is 29.4. The molecule has 7 amide bonds. The SMILES string of the molecule is C[C@@H](O)[C@H](NC(=O)[C@@H](N)CCCCN)C(=O)NCC(=O)N[C@@H](CO)C(=O)N[C@@H](Cc1cnc[nH]1)C(=O)N[C@@H](CC(=O)O)C(=O)N[C@@H](CCC(N)=O)C(=O)O. The van der Waals surface area contributed by atoms with Gasteiger partial charge in [0.15, 0.2) is 0 Å². The van der Waals surface area contributed by atoms with Crippen molar-refractivity contribution in [2.24, 2.45) is 17.2 Å². The summed E-state index contributed by atoms with van der Waals surface area (Å²) in [5.74, 6) is -10.3. The Hall–Kier alpha value is -5.72. The fourth-order valence-electron chi connectivity index (χ4n) is 4.59. The molecule has 0 aliphatic carbocycles. The van der Waals surface area contributed by atoms with Crippen LogP contribution in [0.5, 0.6) is 0 Å². The van der Waals surface area contributed by atoms with E-state index in [9.17, 15) is 63.6 Å². The molecule has 1 heterocycles. The molecule has 0 bridgehead atoms. The van der Waals surface area contributed by atoms with Gasteiger partial charge in [0.05, 0.1) is 38.0 Å². The lowest BCUT2D eigenvalue weighted by Crippen LogP contribution is -2.60. The van der Waals surface area contributed by atoms with E-state index in [0.29, 0.717) is 19.4 Å². The molecule has 0 aliphatic heterocycles. The minimum Gasteiger partial charge on any atom is -0.481 e. The number of aromatic amines is 1. The van der Waals surface area contributed by atoms with Crippen molar-refractivity contribution in [3.05, 3.63) is 18.2 Å². The number of H-pyrrole nitrogens is 1. The number of amides is 7. The number of nitrogens with zero attached hydrogens (tertiary/aromatic N) is 1. The van der Waals surface area contributed by atoms with Gasteiger partial charge in [-0.15, -0.1) is 0 Å². The van der Waals surface area contributed by atoms with Gasteiger partial charge in [0, 0.05) is 24.7 Å². The Labute approximate surface area is 308 Å². The van der Waals surface area contributed by atoms with E-state index in [1.165, 1.54) is 19.4 Å². The molecule has 1 aromatic rings. The number of primary amides is 1. The van der Waals surface area contributed by atoms with Crippen LogP contribution in [0, 0.1) is 0 Å². The molecule has 0 aromatic carbocycles. The molecule has 0 aliphatic rings. The molecule has 17 N–H and O–H groups in total. The zero-order valence-electron chi connectivity index (χ0n) is 29.4. The Balaban J connectivity index is 3.02. The molecular formula is C30H49N11O13. The Kier molecular flexibility index (Phi) is 20.4. The van der Waals surface area contributed by atoms with Gasteiger partial charge in [0.1, 0.15) is 30.2 Å². The number of imidazole rings is 1. The number of unbranched alkanes of at least 4 members (excludes halogenated alkanes) is 1. The summed E-state index contributed by atoms with van der Waals surface area (Å²) in [6.07, 6.45) is 0.263. The molecule has 54 heavy (non-hydrogen) atoms. The number of carbonyl (C=O) groups excluding carboxylic acids is 7. The van der Waals surface area contributed by atoms with E-state index >= 15 is 0 Å². The number of nitrogens with one attached hydrogen (secondary N) is 7. The van der Waals surface area contributed by atoms with Crippen molar-refractivity contribution >= 4 is 53.3 Å². The lowest BCUT2D eigenvalue weighted by molar-refractivity contribution is -0.144. The third-order valence-electron chi connectivity index (χ3n) is 7.54. The van der Waals surface area contributed by atoms with E-state index < -0.39 is 128 Å². The summed E-state index contributed by atoms with van der Waals surface area (Å²) in [5, 5.41) is 51.7. The number of aliphatic carboxylic acids is 2. The summed E-state index contributed by atoms with van der Waals surface area (Å²) in [5.41, 5.74) is 16.5. The number of carbonyl (C=O) groups is 9. The number of hydrogen-bond acceptors (Lipinski definition) is 14. The lowest BCUT2D eigenvalue weighted by atomic mass is 10.1. The summed E-state index contributed by atoms with van der Waals surface area (Å²) in [6, 6.07) is -9.42. The van der Waals surface area contributed by atoms with Crippen molar-refractivity contribution in [3.8, 4) is 0 Å². The maximum Gasteiger partial charge on any atom is 0.326 e. The Bertz CT molecular complexity index is 1460. The molecule has 0 radical (unpaired) electrons. The molecule has 7 atom stereocenters. The van der Waals surface area contributed by atoms with E-state index in [0.717, 1.165) is 0 Å². The third-order valence-corrected chi connectivity index (χ3v) is 7.54. The van der Waals surface area contributed by atoms with Crippen LogP contribution in [0.3, 0.4) is 0 Å². The molecule has 1 rings (SSSR count). The van der Waals surface area contributed by atoms with Crippen LogP contribution in [0.15, 0.2) is 12.5 Å². The topological polar surface area (TPSA) is 413 Å². The van der Waals surface area contributed by atoms with Crippen LogP contribution in [0.25, 0.3) is 0 Å². The molecule has 302 valence electrons. The number of carboxylic acid groups (broad SMARTS) is 2. The van der Waals surface area contributed by atoms with Crippen molar-refractivity contribution in [1.82, 2.24) is 41.9 Å². The second kappa shape index (κ2) is 23.8. The minimum absolute atomic E-state index is 0.260. The van der Waals surface area contributed by atoms with Crippen LogP contribution in [0.4, 0.5) is 0 Å². The standard InChI is InChI=1S/C30H49N11O13/c1-14(43)24(41-25(48)16(32)4-2-3-7-31)29(52)35-11-22(45)37-20(12-42)28(51)39-18(8-15-10-34-13-36-15)26(49)40-19(9-23(46)47)27(50)38-17(30(53)54)5-6-21(33)44/h10,13-14,16-20,24,42-43H,2-9,11-12,31-32H2,1H3,(H2,33,44)(H,34,36)(H,35,52)(H,37,45)(H,38,50)(H,39,51)(H,40,49)(H,41,48)(H,46,47)(H,53,54)/t14-,16+,17+,18+,19+,20+,24+/m1/s1. The van der Waals surface area contributed by atoms with Crippen LogP contribution in [-0.4, -0.2) is 146 Å². The highest BCUT2D eigenvalue weighted by molar-refractivity contribution is 5.97. The van der Waals surface area contributed by atoms with Crippen molar-refractivity contribution in [3.63, 3.8) is 0 Å². The molecule has 24 heteroatoms. The average Bonchev–Trinajstić information content (AvgIpc) is 3.62. The lowest BCUT2D eigenvalue weighted by Gasteiger charge is -2.25. The van der Waals surface area contributed by atoms with Crippen molar-refractivity contribution in [2.45, 2.75) is 94.2 Å². The first-order valence-electron chi connectivity index (χ1n) is 16.6. The molecule has 0 unspecified atom stereocenters. The number of aliphatic hydroxyl groups excluding tert-OH is 2. The highest BCUT2D eigenvalue weighted by atomic mass is 16.4. The van der Waals surface area contributed by atoms with Crippen LogP contribution >= 0.6 is 0 Å². The molecule has 24 nitrogen and oxygen atoms in total. The summed E-state index contributed by atoms with van der Waals surface area (Å²) in [4.78, 5) is 118. The second-order valence-corrected chi connectivity index (χ2v) is 12.0. The number of nitrogens with two attached hydrogens (primary N) is 3. The zero-order chi connectivity index (χ0) is 41.0. The van der Waals surface area contributed by atoms with E-state index in [-0.39, 0.29) is 18.5 Å². The van der Waals surface area contributed by atoms with Crippen LogP contribution < -0.4 is 49.1 Å². The number of carboxylic acids is 2. The normalized spacial score (nSPS) is 14.8. The van der Waals surface area contributed by atoms with E-state index in [2.05, 4.69) is 36.6 Å². The molecular weight excluding hydrogens is 722 g/mol. The largest absolute Gasteiger partial charge is 0.481 e. The summed E-state index contributed by atoms with van der Waals surface area (Å²) < 4.78 is 0. The first kappa shape index (κ1) is 46.3. The van der Waals surface area contributed by atoms with Crippen molar-refractivity contribution < 1.29 is 63.6 Å². The first-order chi connectivity index (χ1) is 25.4. The van der Waals surface area contributed by atoms with Gasteiger partial charge in [-0.1, -0.05) is 6.42 Å². The van der Waals surface area contributed by atoms with Gasteiger partial charge in [0.25, 0.3) is 0 Å². The summed E-state index contributed by atoms with van der Waals surface area (Å²) in [6.45, 7) is -0.220. The Morgan fingerprint density at radius 1 is 0.815 bits per heavy atom. The van der Waals surface area contributed by atoms with Crippen LogP contribution in [0.1, 0.15) is 51.1 Å². The van der Waals surface area contributed by atoms with E-state index in [1.807, 2.05) is 5.32 Å². The average molecular weight is 772 g/mol. The maximum absolute atomic E-state index is 13.4. The predicted molar refractivity (Wildman–Crippen MR) is 183 cm³/mol. The Morgan fingerprint density at radius 2 is 1.43 bits per heavy atom. The molecule has 0 saturated heterocycles. The van der Waals surface area contributed by atoms with E-state index in [1.54, 1.807) is 0 Å². The number of rotatable bonds is 26. The highest BCUT2D eigenvalue weighted by Gasteiger charge is 2.33. The molecule has 0 fully saturated rings. The first-order valence-corrected chi connectivity index (χ1v) is 16.6. The third kappa shape index (κ3) is 17.2. The Morgan fingerprint density at radius 3 is 1.96 bits per heavy atom. The van der Waals surface area contributed by atoms with Gasteiger partial charge in [-0.2, -0.15) is 0 Å². The second-order valence-electron chi connectivity index (χ2n) is 12.0. The summed E-state index contributed by atoms with van der Waals surface area (Å²) in [7, 11) is 0. The van der Waals surface area contributed by atoms with Gasteiger partial charge >= 0.3 is 11.9 Å². The fourth-order valence-corrected chi connectivity index (χ4v) is 4.59. The minimum atomic E-state index is -1.88. The molecule has 0 saturated carbocycles. The van der Waals surface area contributed by atoms with Crippen LogP contribution in [0.2, 0.25) is 0 Å². The van der Waals surface area contributed by atoms with Crippen LogP contribution in [-0.2, 0) is 49.6 Å². The highest BCUT2D eigenvalue weighted by Crippen LogP contribution is 2.05.